The summed E-state index contributed by atoms with van der Waals surface area (Å²) in [7, 11) is 0. The minimum absolute atomic E-state index is 0.0979. The second-order valence-corrected chi connectivity index (χ2v) is 10.1. The molecular weight excluding hydrogens is 508 g/mol. The fourth-order valence-electron chi connectivity index (χ4n) is 5.25. The maximum atomic E-state index is 13.2. The summed E-state index contributed by atoms with van der Waals surface area (Å²) in [4.78, 5) is 39.9. The first-order valence-electron chi connectivity index (χ1n) is 13.3. The third-order valence-electron chi connectivity index (χ3n) is 7.41. The van der Waals surface area contributed by atoms with Crippen molar-refractivity contribution in [1.29, 1.82) is 0 Å². The summed E-state index contributed by atoms with van der Waals surface area (Å²) >= 11 is 0. The molecule has 2 aliphatic heterocycles. The van der Waals surface area contributed by atoms with Gasteiger partial charge in [0.25, 0.3) is 11.8 Å². The molecule has 0 atom stereocenters. The van der Waals surface area contributed by atoms with Crippen molar-refractivity contribution in [3.8, 4) is 0 Å². The van der Waals surface area contributed by atoms with E-state index < -0.39 is 5.97 Å². The van der Waals surface area contributed by atoms with E-state index in [-0.39, 0.29) is 30.0 Å². The van der Waals surface area contributed by atoms with Gasteiger partial charge in [-0.15, -0.1) is 0 Å². The van der Waals surface area contributed by atoms with Crippen LogP contribution >= 0.6 is 0 Å². The van der Waals surface area contributed by atoms with Crippen molar-refractivity contribution in [2.45, 2.75) is 25.8 Å². The monoisotopic (exact) mass is 540 g/mol. The Bertz CT molecular complexity index is 1460. The van der Waals surface area contributed by atoms with Crippen LogP contribution in [0.1, 0.15) is 50.2 Å². The Morgan fingerprint density at radius 1 is 1.00 bits per heavy atom. The normalized spacial score (nSPS) is 16.7. The van der Waals surface area contributed by atoms with Gasteiger partial charge in [-0.05, 0) is 67.3 Å². The number of anilines is 2. The largest absolute Gasteiger partial charge is 0.478 e. The van der Waals surface area contributed by atoms with E-state index in [0.717, 1.165) is 31.5 Å². The third-order valence-corrected chi connectivity index (χ3v) is 7.41. The first-order chi connectivity index (χ1) is 19.3. The van der Waals surface area contributed by atoms with E-state index in [4.69, 9.17) is 5.11 Å². The lowest BCUT2D eigenvalue weighted by Gasteiger charge is -2.31. The van der Waals surface area contributed by atoms with Crippen LogP contribution in [0.25, 0.3) is 11.3 Å². The number of aromatic carboxylic acids is 1. The Hall–Kier alpha value is -4.47. The Morgan fingerprint density at radius 2 is 1.70 bits per heavy atom. The standard InChI is InChI=1S/C31H32N4O5/c1-19-17-25-26(18-24(19)31(39)40)34-30(38)27(25)28(20-5-3-2-4-6-20)32-22-9-7-21(8-10-22)29(37)33-23-11-13-35(14-12-23)15-16-36/h2-10,17-18,23,32,36H,11-16H2,1H3,(H,33,37)(H,34,38)(H,39,40). The second kappa shape index (κ2) is 11.7. The number of nitrogens with zero attached hydrogens (tertiary/aromatic N) is 1. The van der Waals surface area contributed by atoms with Crippen LogP contribution in [0, 0.1) is 6.92 Å². The number of hydrogen-bond acceptors (Lipinski definition) is 6. The van der Waals surface area contributed by atoms with Crippen molar-refractivity contribution in [3.63, 3.8) is 0 Å². The lowest BCUT2D eigenvalue weighted by Crippen LogP contribution is -2.45. The topological polar surface area (TPSA) is 131 Å². The highest BCUT2D eigenvalue weighted by Crippen LogP contribution is 2.39. The quantitative estimate of drug-likeness (QED) is 0.275. The van der Waals surface area contributed by atoms with Crippen LogP contribution in [0.15, 0.2) is 66.7 Å². The number of likely N-dealkylation sites (tertiary alicyclic amines) is 1. The number of fused-ring (bicyclic) bond motifs is 1. The van der Waals surface area contributed by atoms with Crippen LogP contribution in [0.4, 0.5) is 11.4 Å². The number of piperidine rings is 1. The lowest BCUT2D eigenvalue weighted by atomic mass is 9.96. The number of β-amino-alcohol motifs (C(OH)–C–C–N with tert-alkyl or cyclic N) is 1. The zero-order valence-corrected chi connectivity index (χ0v) is 22.2. The van der Waals surface area contributed by atoms with Crippen LogP contribution < -0.4 is 16.0 Å². The molecule has 2 aliphatic rings. The maximum absolute atomic E-state index is 13.2. The summed E-state index contributed by atoms with van der Waals surface area (Å²) in [6, 6.07) is 19.8. The zero-order chi connectivity index (χ0) is 28.2. The molecule has 0 aromatic heterocycles. The summed E-state index contributed by atoms with van der Waals surface area (Å²) in [5.41, 5.74) is 4.78. The number of nitrogens with one attached hydrogen (secondary N) is 3. The molecule has 0 saturated carbocycles. The predicted molar refractivity (Wildman–Crippen MR) is 154 cm³/mol. The molecule has 0 unspecified atom stereocenters. The molecule has 2 amide bonds. The summed E-state index contributed by atoms with van der Waals surface area (Å²) in [5, 5.41) is 27.9. The van der Waals surface area contributed by atoms with Crippen molar-refractivity contribution in [1.82, 2.24) is 10.2 Å². The Morgan fingerprint density at radius 3 is 2.35 bits per heavy atom. The van der Waals surface area contributed by atoms with Crippen molar-refractivity contribution < 1.29 is 24.6 Å². The van der Waals surface area contributed by atoms with Gasteiger partial charge in [0.1, 0.15) is 0 Å². The van der Waals surface area contributed by atoms with Gasteiger partial charge in [0, 0.05) is 42.5 Å². The molecule has 9 nitrogen and oxygen atoms in total. The van der Waals surface area contributed by atoms with Gasteiger partial charge in [-0.1, -0.05) is 30.3 Å². The van der Waals surface area contributed by atoms with Gasteiger partial charge >= 0.3 is 5.97 Å². The Labute approximate surface area is 232 Å². The number of carboxylic acid groups (broad SMARTS) is 1. The molecule has 3 aromatic carbocycles. The van der Waals surface area contributed by atoms with E-state index >= 15 is 0 Å². The Kier molecular flexibility index (Phi) is 7.95. The molecular formula is C31H32N4O5. The summed E-state index contributed by atoms with van der Waals surface area (Å²) < 4.78 is 0. The number of aliphatic hydroxyl groups excluding tert-OH is 1. The number of carboxylic acids is 1. The van der Waals surface area contributed by atoms with Gasteiger partial charge in [-0.2, -0.15) is 0 Å². The van der Waals surface area contributed by atoms with Gasteiger partial charge in [-0.3, -0.25) is 9.59 Å². The maximum Gasteiger partial charge on any atom is 0.336 e. The fourth-order valence-corrected chi connectivity index (χ4v) is 5.25. The summed E-state index contributed by atoms with van der Waals surface area (Å²) in [5.74, 6) is -1.52. The number of hydrogen-bond donors (Lipinski definition) is 5. The van der Waals surface area contributed by atoms with Crippen LogP contribution in [-0.4, -0.2) is 65.2 Å². The van der Waals surface area contributed by atoms with E-state index in [0.29, 0.717) is 45.9 Å². The van der Waals surface area contributed by atoms with E-state index in [9.17, 15) is 19.5 Å². The van der Waals surface area contributed by atoms with Crippen LogP contribution in [0.5, 0.6) is 0 Å². The van der Waals surface area contributed by atoms with Gasteiger partial charge in [0.15, 0.2) is 0 Å². The van der Waals surface area contributed by atoms with Gasteiger partial charge in [0.2, 0.25) is 0 Å². The first-order valence-corrected chi connectivity index (χ1v) is 13.3. The number of carbonyl (C=O) groups is 3. The average molecular weight is 541 g/mol. The number of carbonyl (C=O) groups excluding carboxylic acids is 2. The number of benzene rings is 3. The highest BCUT2D eigenvalue weighted by Gasteiger charge is 2.30. The number of amides is 2. The molecule has 206 valence electrons. The number of aliphatic hydroxyl groups is 1. The Balaban J connectivity index is 1.39. The first kappa shape index (κ1) is 27.1. The summed E-state index contributed by atoms with van der Waals surface area (Å²) in [6.07, 6.45) is 1.69. The predicted octanol–water partition coefficient (Wildman–Crippen LogP) is 3.81. The molecule has 40 heavy (non-hydrogen) atoms. The van der Waals surface area contributed by atoms with Gasteiger partial charge in [-0.25, -0.2) is 4.79 Å². The van der Waals surface area contributed by atoms with Crippen molar-refractivity contribution in [3.05, 3.63) is 94.5 Å². The van der Waals surface area contributed by atoms with E-state index in [1.54, 1.807) is 37.3 Å². The molecule has 1 fully saturated rings. The molecule has 0 bridgehead atoms. The molecule has 0 spiro atoms. The van der Waals surface area contributed by atoms with E-state index in [1.807, 2.05) is 30.3 Å². The van der Waals surface area contributed by atoms with Crippen molar-refractivity contribution >= 4 is 40.4 Å². The van der Waals surface area contributed by atoms with Gasteiger partial charge in [0.05, 0.1) is 29.1 Å². The van der Waals surface area contributed by atoms with E-state index in [2.05, 4.69) is 20.9 Å². The average Bonchev–Trinajstić information content (AvgIpc) is 3.27. The van der Waals surface area contributed by atoms with Crippen LogP contribution in [0.3, 0.4) is 0 Å². The molecule has 3 aromatic rings. The molecule has 1 saturated heterocycles. The molecule has 2 heterocycles. The third kappa shape index (κ3) is 5.75. The summed E-state index contributed by atoms with van der Waals surface area (Å²) in [6.45, 7) is 4.20. The van der Waals surface area contributed by atoms with Crippen LogP contribution in [-0.2, 0) is 4.79 Å². The van der Waals surface area contributed by atoms with Crippen molar-refractivity contribution in [2.24, 2.45) is 0 Å². The molecule has 5 N–H and O–H groups in total. The molecule has 0 aliphatic carbocycles. The van der Waals surface area contributed by atoms with Crippen molar-refractivity contribution in [2.75, 3.05) is 36.9 Å². The smallest absolute Gasteiger partial charge is 0.336 e. The SMILES string of the molecule is Cc1cc2c(cc1C(=O)O)NC(=O)C2=C(Nc1ccc(C(=O)NC2CCN(CCO)CC2)cc1)c1ccccc1. The van der Waals surface area contributed by atoms with Crippen LogP contribution in [0.2, 0.25) is 0 Å². The number of rotatable bonds is 8. The second-order valence-electron chi connectivity index (χ2n) is 10.1. The minimum Gasteiger partial charge on any atom is -0.478 e. The molecule has 5 rings (SSSR count). The minimum atomic E-state index is -1.05. The molecule has 0 radical (unpaired) electrons. The highest BCUT2D eigenvalue weighted by atomic mass is 16.4. The van der Waals surface area contributed by atoms with E-state index in [1.165, 1.54) is 6.07 Å². The fraction of sp³-hybridized carbons (Fsp3) is 0.258. The number of aryl methyl sites for hydroxylation is 1. The lowest BCUT2D eigenvalue weighted by molar-refractivity contribution is -0.110. The van der Waals surface area contributed by atoms with Gasteiger partial charge < -0.3 is 31.1 Å². The zero-order valence-electron chi connectivity index (χ0n) is 22.2. The molecule has 9 heteroatoms. The highest BCUT2D eigenvalue weighted by molar-refractivity contribution is 6.37.